The van der Waals surface area contributed by atoms with Crippen molar-refractivity contribution in [2.24, 2.45) is 0 Å². The fourth-order valence-electron chi connectivity index (χ4n) is 1.99. The topological polar surface area (TPSA) is 35.5 Å². The Morgan fingerprint density at radius 1 is 1.17 bits per heavy atom. The summed E-state index contributed by atoms with van der Waals surface area (Å²) in [7, 11) is 0. The molecule has 1 atom stereocenters. The van der Waals surface area contributed by atoms with Gasteiger partial charge in [0.25, 0.3) is 0 Å². The summed E-state index contributed by atoms with van der Waals surface area (Å²) < 4.78 is 48.8. The molecular formula is C17H14ClF3O3. The first-order chi connectivity index (χ1) is 11.3. The van der Waals surface area contributed by atoms with E-state index in [0.717, 1.165) is 12.1 Å². The maximum Gasteiger partial charge on any atom is 0.416 e. The van der Waals surface area contributed by atoms with E-state index in [1.54, 1.807) is 31.2 Å². The predicted octanol–water partition coefficient (Wildman–Crippen LogP) is 5.04. The highest BCUT2D eigenvalue weighted by Crippen LogP contribution is 2.33. The SMILES string of the molecule is CCOC(=O)[C@H](Oc1cccc(C(F)(F)F)c1)c1ccc(Cl)cc1. The van der Waals surface area contributed by atoms with Crippen LogP contribution in [0.25, 0.3) is 0 Å². The normalized spacial score (nSPS) is 12.5. The summed E-state index contributed by atoms with van der Waals surface area (Å²) >= 11 is 5.81. The second-order valence-electron chi connectivity index (χ2n) is 4.83. The monoisotopic (exact) mass is 358 g/mol. The van der Waals surface area contributed by atoms with Gasteiger partial charge in [0, 0.05) is 10.6 Å². The van der Waals surface area contributed by atoms with Crippen LogP contribution >= 0.6 is 11.6 Å². The van der Waals surface area contributed by atoms with Gasteiger partial charge in [-0.2, -0.15) is 13.2 Å². The Kier molecular flexibility index (Phi) is 5.72. The van der Waals surface area contributed by atoms with E-state index in [4.69, 9.17) is 21.1 Å². The Balaban J connectivity index is 2.32. The zero-order valence-corrected chi connectivity index (χ0v) is 13.4. The molecule has 0 unspecified atom stereocenters. The average molecular weight is 359 g/mol. The van der Waals surface area contributed by atoms with Gasteiger partial charge in [0.05, 0.1) is 12.2 Å². The fourth-order valence-corrected chi connectivity index (χ4v) is 2.12. The number of esters is 1. The molecule has 0 aliphatic carbocycles. The highest BCUT2D eigenvalue weighted by Gasteiger charge is 2.31. The minimum absolute atomic E-state index is 0.0853. The van der Waals surface area contributed by atoms with Crippen LogP contribution in [-0.4, -0.2) is 12.6 Å². The van der Waals surface area contributed by atoms with E-state index in [0.29, 0.717) is 10.6 Å². The molecule has 2 rings (SSSR count). The second kappa shape index (κ2) is 7.57. The molecule has 0 aliphatic heterocycles. The van der Waals surface area contributed by atoms with Gasteiger partial charge in [-0.15, -0.1) is 0 Å². The van der Waals surface area contributed by atoms with E-state index < -0.39 is 23.8 Å². The lowest BCUT2D eigenvalue weighted by Crippen LogP contribution is -2.21. The summed E-state index contributed by atoms with van der Waals surface area (Å²) in [5.41, 5.74) is -0.436. The van der Waals surface area contributed by atoms with Crippen molar-refractivity contribution < 1.29 is 27.4 Å². The summed E-state index contributed by atoms with van der Waals surface area (Å²) in [5, 5.41) is 0.459. The maximum atomic E-state index is 12.8. The summed E-state index contributed by atoms with van der Waals surface area (Å²) in [6.07, 6.45) is -5.69. The van der Waals surface area contributed by atoms with Crippen LogP contribution in [0.3, 0.4) is 0 Å². The summed E-state index contributed by atoms with van der Waals surface area (Å²) in [6, 6.07) is 10.5. The van der Waals surface area contributed by atoms with Gasteiger partial charge in [-0.1, -0.05) is 29.8 Å². The van der Waals surface area contributed by atoms with Gasteiger partial charge >= 0.3 is 12.1 Å². The molecule has 0 N–H and O–H groups in total. The predicted molar refractivity (Wildman–Crippen MR) is 82.9 cm³/mol. The third kappa shape index (κ3) is 4.64. The lowest BCUT2D eigenvalue weighted by Gasteiger charge is -2.19. The number of carbonyl (C=O) groups excluding carboxylic acids is 1. The van der Waals surface area contributed by atoms with Crippen molar-refractivity contribution in [1.29, 1.82) is 0 Å². The first-order valence-corrected chi connectivity index (χ1v) is 7.45. The lowest BCUT2D eigenvalue weighted by molar-refractivity contribution is -0.151. The first kappa shape index (κ1) is 18.1. The van der Waals surface area contributed by atoms with Crippen LogP contribution in [0.2, 0.25) is 5.02 Å². The molecule has 0 saturated carbocycles. The minimum atomic E-state index is -4.50. The number of halogens is 4. The Morgan fingerprint density at radius 3 is 2.42 bits per heavy atom. The zero-order chi connectivity index (χ0) is 17.7. The molecular weight excluding hydrogens is 345 g/mol. The van der Waals surface area contributed by atoms with Crippen LogP contribution in [-0.2, 0) is 15.7 Å². The van der Waals surface area contributed by atoms with E-state index in [9.17, 15) is 18.0 Å². The number of carbonyl (C=O) groups is 1. The molecule has 0 aromatic heterocycles. The molecule has 2 aromatic carbocycles. The van der Waals surface area contributed by atoms with Gasteiger partial charge in [-0.25, -0.2) is 4.79 Å². The molecule has 3 nitrogen and oxygen atoms in total. The fraction of sp³-hybridized carbons (Fsp3) is 0.235. The number of ether oxygens (including phenoxy) is 2. The zero-order valence-electron chi connectivity index (χ0n) is 12.6. The number of rotatable bonds is 5. The Bertz CT molecular complexity index is 699. The molecule has 0 amide bonds. The van der Waals surface area contributed by atoms with Crippen LogP contribution in [0.1, 0.15) is 24.2 Å². The molecule has 24 heavy (non-hydrogen) atoms. The standard InChI is InChI=1S/C17H14ClF3O3/c1-2-23-16(22)15(11-6-8-13(18)9-7-11)24-14-5-3-4-12(10-14)17(19,20)21/h3-10,15H,2H2,1H3/t15-/m1/s1. The van der Waals surface area contributed by atoms with Gasteiger partial charge in [-0.05, 0) is 37.3 Å². The van der Waals surface area contributed by atoms with Crippen LogP contribution in [0.4, 0.5) is 13.2 Å². The molecule has 0 bridgehead atoms. The smallest absolute Gasteiger partial charge is 0.416 e. The van der Waals surface area contributed by atoms with E-state index in [-0.39, 0.29) is 12.4 Å². The highest BCUT2D eigenvalue weighted by molar-refractivity contribution is 6.30. The van der Waals surface area contributed by atoms with E-state index >= 15 is 0 Å². The maximum absolute atomic E-state index is 12.8. The second-order valence-corrected chi connectivity index (χ2v) is 5.26. The molecule has 2 aromatic rings. The Hall–Kier alpha value is -2.21. The lowest BCUT2D eigenvalue weighted by atomic mass is 10.1. The van der Waals surface area contributed by atoms with Gasteiger partial charge in [0.15, 0.2) is 0 Å². The van der Waals surface area contributed by atoms with Crippen LogP contribution in [0.5, 0.6) is 5.75 Å². The number of hydrogen-bond donors (Lipinski definition) is 0. The molecule has 7 heteroatoms. The number of benzene rings is 2. The third-order valence-corrected chi connectivity index (χ3v) is 3.34. The number of alkyl halides is 3. The van der Waals surface area contributed by atoms with Crippen LogP contribution in [0.15, 0.2) is 48.5 Å². The van der Waals surface area contributed by atoms with E-state index in [1.807, 2.05) is 0 Å². The summed E-state index contributed by atoms with van der Waals surface area (Å²) in [4.78, 5) is 12.1. The quantitative estimate of drug-likeness (QED) is 0.702. The third-order valence-electron chi connectivity index (χ3n) is 3.09. The molecule has 0 fully saturated rings. The van der Waals surface area contributed by atoms with Crippen molar-refractivity contribution in [1.82, 2.24) is 0 Å². The highest BCUT2D eigenvalue weighted by atomic mass is 35.5. The Morgan fingerprint density at radius 2 is 1.83 bits per heavy atom. The van der Waals surface area contributed by atoms with Gasteiger partial charge in [-0.3, -0.25) is 0 Å². The summed E-state index contributed by atoms with van der Waals surface area (Å²) in [5.74, 6) is -0.782. The van der Waals surface area contributed by atoms with Crippen LogP contribution in [0, 0.1) is 0 Å². The molecule has 0 aliphatic rings. The largest absolute Gasteiger partial charge is 0.474 e. The minimum Gasteiger partial charge on any atom is -0.474 e. The van der Waals surface area contributed by atoms with Gasteiger partial charge in [0.2, 0.25) is 6.10 Å². The first-order valence-electron chi connectivity index (χ1n) is 7.07. The van der Waals surface area contributed by atoms with Crippen molar-refractivity contribution >= 4 is 17.6 Å². The Labute approximate surface area is 142 Å². The van der Waals surface area contributed by atoms with Crippen molar-refractivity contribution in [3.63, 3.8) is 0 Å². The summed E-state index contributed by atoms with van der Waals surface area (Å²) in [6.45, 7) is 1.75. The molecule has 0 radical (unpaired) electrons. The van der Waals surface area contributed by atoms with Gasteiger partial charge in [0.1, 0.15) is 5.75 Å². The number of hydrogen-bond acceptors (Lipinski definition) is 3. The van der Waals surface area contributed by atoms with Crippen molar-refractivity contribution in [2.75, 3.05) is 6.61 Å². The molecule has 0 heterocycles. The molecule has 128 valence electrons. The van der Waals surface area contributed by atoms with E-state index in [1.165, 1.54) is 12.1 Å². The van der Waals surface area contributed by atoms with Crippen molar-refractivity contribution in [3.05, 3.63) is 64.7 Å². The average Bonchev–Trinajstić information content (AvgIpc) is 2.53. The van der Waals surface area contributed by atoms with Crippen molar-refractivity contribution in [3.8, 4) is 5.75 Å². The van der Waals surface area contributed by atoms with Gasteiger partial charge < -0.3 is 9.47 Å². The van der Waals surface area contributed by atoms with Crippen molar-refractivity contribution in [2.45, 2.75) is 19.2 Å². The molecule has 0 spiro atoms. The van der Waals surface area contributed by atoms with Crippen LogP contribution < -0.4 is 4.74 Å². The molecule has 0 saturated heterocycles. The van der Waals surface area contributed by atoms with E-state index in [2.05, 4.69) is 0 Å².